The second-order valence-corrected chi connectivity index (χ2v) is 5.64. The van der Waals surface area contributed by atoms with E-state index in [1.54, 1.807) is 0 Å². The smallest absolute Gasteiger partial charge is 0.231 e. The minimum absolute atomic E-state index is 0.0637. The number of nitrogens with two attached hydrogens (primary N) is 1. The van der Waals surface area contributed by atoms with Crippen LogP contribution in [0.5, 0.6) is 5.75 Å². The lowest BCUT2D eigenvalue weighted by Gasteiger charge is -2.26. The first kappa shape index (κ1) is 15.5. The average molecular weight is 264 g/mol. The Balaban J connectivity index is 2.64. The molecule has 0 aliphatic carbocycles. The van der Waals surface area contributed by atoms with Gasteiger partial charge >= 0.3 is 0 Å². The Kier molecular flexibility index (Phi) is 5.36. The fraction of sp³-hybridized carbons (Fsp3) is 0.533. The van der Waals surface area contributed by atoms with Crippen LogP contribution in [0.3, 0.4) is 0 Å². The molecule has 106 valence electrons. The van der Waals surface area contributed by atoms with Crippen LogP contribution in [0.4, 0.5) is 0 Å². The van der Waals surface area contributed by atoms with Gasteiger partial charge in [0.1, 0.15) is 5.75 Å². The van der Waals surface area contributed by atoms with Crippen LogP contribution in [0.1, 0.15) is 33.3 Å². The largest absolute Gasteiger partial charge is 0.491 e. The number of rotatable bonds is 7. The molecular weight excluding hydrogens is 240 g/mol. The van der Waals surface area contributed by atoms with Crippen LogP contribution in [0.2, 0.25) is 0 Å². The van der Waals surface area contributed by atoms with Crippen LogP contribution in [0.25, 0.3) is 0 Å². The summed E-state index contributed by atoms with van der Waals surface area (Å²) in [6.07, 6.45) is 0.177. The first-order valence-electron chi connectivity index (χ1n) is 6.57. The summed E-state index contributed by atoms with van der Waals surface area (Å²) in [6.45, 7) is 9.16. The predicted octanol–water partition coefficient (Wildman–Crippen LogP) is 1.83. The molecule has 1 amide bonds. The highest BCUT2D eigenvalue weighted by molar-refractivity contribution is 5.75. The van der Waals surface area contributed by atoms with E-state index in [0.29, 0.717) is 6.54 Å². The van der Waals surface area contributed by atoms with Crippen molar-refractivity contribution in [1.29, 1.82) is 0 Å². The van der Waals surface area contributed by atoms with Crippen molar-refractivity contribution < 1.29 is 9.53 Å². The molecule has 0 saturated heterocycles. The summed E-state index contributed by atoms with van der Waals surface area (Å²) in [5, 5.41) is 3.06. The molecule has 0 aliphatic heterocycles. The van der Waals surface area contributed by atoms with Crippen LogP contribution in [0, 0.1) is 0 Å². The number of benzene rings is 1. The maximum atomic E-state index is 10.7. The fourth-order valence-electron chi connectivity index (χ4n) is 1.86. The lowest BCUT2D eigenvalue weighted by Crippen LogP contribution is -2.37. The fourth-order valence-corrected chi connectivity index (χ4v) is 1.86. The number of primary amides is 1. The summed E-state index contributed by atoms with van der Waals surface area (Å²) in [7, 11) is 0. The lowest BCUT2D eigenvalue weighted by molar-refractivity contribution is -0.117. The third-order valence-electron chi connectivity index (χ3n) is 2.87. The first-order valence-corrected chi connectivity index (χ1v) is 6.57. The highest BCUT2D eigenvalue weighted by atomic mass is 16.5. The van der Waals surface area contributed by atoms with Crippen molar-refractivity contribution in [2.75, 3.05) is 13.1 Å². The molecule has 0 bridgehead atoms. The molecule has 0 spiro atoms. The number of carbonyl (C=O) groups excluding carboxylic acids is 1. The molecule has 1 aromatic rings. The van der Waals surface area contributed by atoms with Gasteiger partial charge in [0, 0.05) is 12.0 Å². The van der Waals surface area contributed by atoms with E-state index < -0.39 is 0 Å². The number of amides is 1. The van der Waals surface area contributed by atoms with Crippen molar-refractivity contribution in [1.82, 2.24) is 5.32 Å². The van der Waals surface area contributed by atoms with Crippen LogP contribution < -0.4 is 15.8 Å². The Morgan fingerprint density at radius 3 is 2.37 bits per heavy atom. The molecule has 0 aromatic heterocycles. The Morgan fingerprint density at radius 2 is 1.89 bits per heavy atom. The molecular formula is C15H24N2O2. The molecule has 19 heavy (non-hydrogen) atoms. The molecule has 0 atom stereocenters. The zero-order valence-electron chi connectivity index (χ0n) is 12.2. The molecule has 1 rings (SSSR count). The molecule has 0 heterocycles. The summed E-state index contributed by atoms with van der Waals surface area (Å²) < 4.78 is 5.62. The van der Waals surface area contributed by atoms with Gasteiger partial charge in [-0.1, -0.05) is 26.0 Å². The standard InChI is InChI=1S/C15H24N2O2/c1-11(2)19-13-7-5-12(6-8-13)15(3,4)10-17-9-14(16)18/h5-8,11,17H,9-10H2,1-4H3,(H2,16,18). The van der Waals surface area contributed by atoms with Gasteiger partial charge in [0.2, 0.25) is 5.91 Å². The van der Waals surface area contributed by atoms with E-state index in [0.717, 1.165) is 5.75 Å². The Morgan fingerprint density at radius 1 is 1.32 bits per heavy atom. The topological polar surface area (TPSA) is 64.3 Å². The van der Waals surface area contributed by atoms with Gasteiger partial charge in [-0.15, -0.1) is 0 Å². The zero-order chi connectivity index (χ0) is 14.5. The van der Waals surface area contributed by atoms with E-state index in [-0.39, 0.29) is 24.0 Å². The Labute approximate surface area is 115 Å². The van der Waals surface area contributed by atoms with E-state index in [9.17, 15) is 4.79 Å². The Hall–Kier alpha value is -1.55. The molecule has 3 N–H and O–H groups in total. The minimum atomic E-state index is -0.337. The number of hydrogen-bond acceptors (Lipinski definition) is 3. The minimum Gasteiger partial charge on any atom is -0.491 e. The average Bonchev–Trinajstić information content (AvgIpc) is 2.28. The molecule has 1 aromatic carbocycles. The van der Waals surface area contributed by atoms with Gasteiger partial charge in [-0.25, -0.2) is 0 Å². The molecule has 4 heteroatoms. The quantitative estimate of drug-likeness (QED) is 0.789. The van der Waals surface area contributed by atoms with Crippen molar-refractivity contribution in [3.05, 3.63) is 29.8 Å². The third kappa shape index (κ3) is 5.30. The van der Waals surface area contributed by atoms with Gasteiger partial charge in [0.05, 0.1) is 12.6 Å². The number of hydrogen-bond donors (Lipinski definition) is 2. The molecule has 0 saturated carbocycles. The predicted molar refractivity (Wildman–Crippen MR) is 77.3 cm³/mol. The van der Waals surface area contributed by atoms with E-state index in [4.69, 9.17) is 10.5 Å². The van der Waals surface area contributed by atoms with Crippen LogP contribution in [-0.4, -0.2) is 25.1 Å². The summed E-state index contributed by atoms with van der Waals surface area (Å²) in [5.41, 5.74) is 6.24. The highest BCUT2D eigenvalue weighted by Crippen LogP contribution is 2.24. The van der Waals surface area contributed by atoms with E-state index in [1.807, 2.05) is 26.0 Å². The SMILES string of the molecule is CC(C)Oc1ccc(C(C)(C)CNCC(N)=O)cc1. The van der Waals surface area contributed by atoms with E-state index in [1.165, 1.54) is 5.56 Å². The molecule has 0 radical (unpaired) electrons. The van der Waals surface area contributed by atoms with Gasteiger partial charge < -0.3 is 15.8 Å². The molecule has 0 fully saturated rings. The normalized spacial score (nSPS) is 11.6. The molecule has 0 aliphatic rings. The maximum Gasteiger partial charge on any atom is 0.231 e. The van der Waals surface area contributed by atoms with Gasteiger partial charge in [0.25, 0.3) is 0 Å². The second-order valence-electron chi connectivity index (χ2n) is 5.64. The number of nitrogens with one attached hydrogen (secondary N) is 1. The number of carbonyl (C=O) groups is 1. The van der Waals surface area contributed by atoms with E-state index in [2.05, 4.69) is 31.3 Å². The molecule has 4 nitrogen and oxygen atoms in total. The van der Waals surface area contributed by atoms with Crippen molar-refractivity contribution in [3.63, 3.8) is 0 Å². The monoisotopic (exact) mass is 264 g/mol. The van der Waals surface area contributed by atoms with Crippen molar-refractivity contribution in [2.24, 2.45) is 5.73 Å². The summed E-state index contributed by atoms with van der Waals surface area (Å²) in [4.78, 5) is 10.7. The lowest BCUT2D eigenvalue weighted by atomic mass is 9.84. The van der Waals surface area contributed by atoms with Crippen LogP contribution >= 0.6 is 0 Å². The zero-order valence-corrected chi connectivity index (χ0v) is 12.2. The van der Waals surface area contributed by atoms with E-state index >= 15 is 0 Å². The van der Waals surface area contributed by atoms with Gasteiger partial charge in [-0.05, 0) is 31.5 Å². The van der Waals surface area contributed by atoms with Crippen molar-refractivity contribution >= 4 is 5.91 Å². The van der Waals surface area contributed by atoms with Crippen LogP contribution in [-0.2, 0) is 10.2 Å². The maximum absolute atomic E-state index is 10.7. The Bertz CT molecular complexity index is 411. The number of ether oxygens (including phenoxy) is 1. The summed E-state index contributed by atoms with van der Waals surface area (Å²) in [6, 6.07) is 8.07. The second kappa shape index (κ2) is 6.57. The highest BCUT2D eigenvalue weighted by Gasteiger charge is 2.20. The van der Waals surface area contributed by atoms with Crippen LogP contribution in [0.15, 0.2) is 24.3 Å². The van der Waals surface area contributed by atoms with Gasteiger partial charge in [-0.2, -0.15) is 0 Å². The van der Waals surface area contributed by atoms with Gasteiger partial charge in [-0.3, -0.25) is 4.79 Å². The van der Waals surface area contributed by atoms with Gasteiger partial charge in [0.15, 0.2) is 0 Å². The summed E-state index contributed by atoms with van der Waals surface area (Å²) in [5.74, 6) is 0.538. The third-order valence-corrected chi connectivity index (χ3v) is 2.87. The van der Waals surface area contributed by atoms with Crippen molar-refractivity contribution in [3.8, 4) is 5.75 Å². The van der Waals surface area contributed by atoms with Crippen molar-refractivity contribution in [2.45, 2.75) is 39.2 Å². The molecule has 0 unspecified atom stereocenters. The summed E-state index contributed by atoms with van der Waals surface area (Å²) >= 11 is 0. The first-order chi connectivity index (χ1) is 8.81.